The zero-order chi connectivity index (χ0) is 20.7. The molecule has 0 spiro atoms. The SMILES string of the molecule is CC(C)c1ccc(NC(=O)[C@@H](C)OC(=O)[C@H](C)NC(=O)c2ccccc2)cc1. The number of anilines is 1. The second kappa shape index (κ2) is 9.69. The van der Waals surface area contributed by atoms with Crippen LogP contribution in [-0.2, 0) is 14.3 Å². The highest BCUT2D eigenvalue weighted by Gasteiger charge is 2.23. The number of carbonyl (C=O) groups excluding carboxylic acids is 3. The largest absolute Gasteiger partial charge is 0.451 e. The van der Waals surface area contributed by atoms with E-state index in [9.17, 15) is 14.4 Å². The lowest BCUT2D eigenvalue weighted by atomic mass is 10.0. The fourth-order valence-corrected chi connectivity index (χ4v) is 2.45. The van der Waals surface area contributed by atoms with Gasteiger partial charge in [0.25, 0.3) is 11.8 Å². The minimum Gasteiger partial charge on any atom is -0.451 e. The number of hydrogen-bond acceptors (Lipinski definition) is 4. The third-order valence-electron chi connectivity index (χ3n) is 4.24. The molecular formula is C22H26N2O4. The average Bonchev–Trinajstić information content (AvgIpc) is 2.68. The second-order valence-electron chi connectivity index (χ2n) is 6.91. The molecule has 0 heterocycles. The van der Waals surface area contributed by atoms with Crippen LogP contribution in [0.15, 0.2) is 54.6 Å². The van der Waals surface area contributed by atoms with Crippen LogP contribution in [0.4, 0.5) is 5.69 Å². The van der Waals surface area contributed by atoms with Crippen molar-refractivity contribution in [2.24, 2.45) is 0 Å². The molecule has 0 fully saturated rings. The number of hydrogen-bond donors (Lipinski definition) is 2. The summed E-state index contributed by atoms with van der Waals surface area (Å²) in [5.74, 6) is -1.10. The molecule has 2 amide bonds. The lowest BCUT2D eigenvalue weighted by molar-refractivity contribution is -0.154. The van der Waals surface area contributed by atoms with Gasteiger partial charge in [0.05, 0.1) is 0 Å². The Balaban J connectivity index is 1.86. The highest BCUT2D eigenvalue weighted by molar-refractivity contribution is 5.98. The van der Waals surface area contributed by atoms with Crippen LogP contribution < -0.4 is 10.6 Å². The predicted molar refractivity (Wildman–Crippen MR) is 108 cm³/mol. The topological polar surface area (TPSA) is 84.5 Å². The van der Waals surface area contributed by atoms with Gasteiger partial charge in [-0.2, -0.15) is 0 Å². The Morgan fingerprint density at radius 1 is 0.857 bits per heavy atom. The van der Waals surface area contributed by atoms with E-state index in [0.717, 1.165) is 0 Å². The van der Waals surface area contributed by atoms with Gasteiger partial charge in [0.15, 0.2) is 6.10 Å². The molecule has 2 N–H and O–H groups in total. The smallest absolute Gasteiger partial charge is 0.329 e. The van der Waals surface area contributed by atoms with Crippen LogP contribution in [0.3, 0.4) is 0 Å². The van der Waals surface area contributed by atoms with Crippen molar-refractivity contribution >= 4 is 23.5 Å². The summed E-state index contributed by atoms with van der Waals surface area (Å²) >= 11 is 0. The number of amides is 2. The van der Waals surface area contributed by atoms with Crippen molar-refractivity contribution in [3.05, 3.63) is 65.7 Å². The third kappa shape index (κ3) is 5.94. The van der Waals surface area contributed by atoms with Gasteiger partial charge in [-0.05, 0) is 49.6 Å². The molecule has 2 atom stereocenters. The monoisotopic (exact) mass is 382 g/mol. The average molecular weight is 382 g/mol. The van der Waals surface area contributed by atoms with Crippen LogP contribution in [0, 0.1) is 0 Å². The summed E-state index contributed by atoms with van der Waals surface area (Å²) in [7, 11) is 0. The van der Waals surface area contributed by atoms with Crippen molar-refractivity contribution in [1.82, 2.24) is 5.32 Å². The molecule has 2 rings (SSSR count). The number of carbonyl (C=O) groups is 3. The summed E-state index contributed by atoms with van der Waals surface area (Å²) in [4.78, 5) is 36.5. The van der Waals surface area contributed by atoms with E-state index in [4.69, 9.17) is 4.74 Å². The fraction of sp³-hybridized carbons (Fsp3) is 0.318. The molecule has 0 bridgehead atoms. The maximum atomic E-state index is 12.3. The number of esters is 1. The maximum Gasteiger partial charge on any atom is 0.329 e. The molecule has 148 valence electrons. The van der Waals surface area contributed by atoms with Crippen LogP contribution in [0.1, 0.15) is 49.5 Å². The molecule has 0 saturated carbocycles. The van der Waals surface area contributed by atoms with Gasteiger partial charge >= 0.3 is 5.97 Å². The summed E-state index contributed by atoms with van der Waals surface area (Å²) < 4.78 is 5.18. The molecule has 6 nitrogen and oxygen atoms in total. The van der Waals surface area contributed by atoms with E-state index >= 15 is 0 Å². The van der Waals surface area contributed by atoms with E-state index in [1.54, 1.807) is 30.3 Å². The molecule has 2 aromatic rings. The quantitative estimate of drug-likeness (QED) is 0.718. The van der Waals surface area contributed by atoms with Crippen molar-refractivity contribution in [1.29, 1.82) is 0 Å². The molecular weight excluding hydrogens is 356 g/mol. The van der Waals surface area contributed by atoms with Gasteiger partial charge in [0.2, 0.25) is 0 Å². The Bertz CT molecular complexity index is 816. The molecule has 2 aromatic carbocycles. The number of benzene rings is 2. The summed E-state index contributed by atoms with van der Waals surface area (Å²) in [5, 5.41) is 5.28. The van der Waals surface area contributed by atoms with Crippen molar-refractivity contribution in [2.45, 2.75) is 45.8 Å². The van der Waals surface area contributed by atoms with Crippen molar-refractivity contribution in [3.8, 4) is 0 Å². The van der Waals surface area contributed by atoms with Crippen LogP contribution in [-0.4, -0.2) is 29.9 Å². The highest BCUT2D eigenvalue weighted by Crippen LogP contribution is 2.17. The standard InChI is InChI=1S/C22H26N2O4/c1-14(2)17-10-12-19(13-11-17)24-20(25)16(4)28-22(27)15(3)23-21(26)18-8-6-5-7-9-18/h5-16H,1-4H3,(H,23,26)(H,24,25)/t15-,16+/m0/s1. The van der Waals surface area contributed by atoms with Gasteiger partial charge in [0.1, 0.15) is 6.04 Å². The first-order valence-electron chi connectivity index (χ1n) is 9.25. The van der Waals surface area contributed by atoms with E-state index in [1.165, 1.54) is 19.4 Å². The first kappa shape index (κ1) is 21.2. The van der Waals surface area contributed by atoms with Crippen molar-refractivity contribution < 1.29 is 19.1 Å². The molecule has 0 aromatic heterocycles. The van der Waals surface area contributed by atoms with E-state index in [0.29, 0.717) is 17.2 Å². The first-order chi connectivity index (χ1) is 13.3. The Labute approximate surface area is 165 Å². The van der Waals surface area contributed by atoms with Gasteiger partial charge in [-0.3, -0.25) is 9.59 Å². The molecule has 0 unspecified atom stereocenters. The first-order valence-corrected chi connectivity index (χ1v) is 9.25. The van der Waals surface area contributed by atoms with E-state index in [-0.39, 0.29) is 5.91 Å². The fourth-order valence-electron chi connectivity index (χ4n) is 2.45. The minimum atomic E-state index is -0.992. The summed E-state index contributed by atoms with van der Waals surface area (Å²) in [6, 6.07) is 15.2. The van der Waals surface area contributed by atoms with Gasteiger partial charge in [-0.1, -0.05) is 44.2 Å². The zero-order valence-electron chi connectivity index (χ0n) is 16.6. The van der Waals surface area contributed by atoms with Gasteiger partial charge in [-0.15, -0.1) is 0 Å². The summed E-state index contributed by atoms with van der Waals surface area (Å²) in [5.41, 5.74) is 2.24. The zero-order valence-corrected chi connectivity index (χ0v) is 16.6. The van der Waals surface area contributed by atoms with Crippen molar-refractivity contribution in [2.75, 3.05) is 5.32 Å². The van der Waals surface area contributed by atoms with Crippen LogP contribution in [0.5, 0.6) is 0 Å². The highest BCUT2D eigenvalue weighted by atomic mass is 16.5. The Hall–Kier alpha value is -3.15. The lowest BCUT2D eigenvalue weighted by Crippen LogP contribution is -2.42. The maximum absolute atomic E-state index is 12.3. The Kier molecular flexibility index (Phi) is 7.32. The molecule has 28 heavy (non-hydrogen) atoms. The Morgan fingerprint density at radius 3 is 2.04 bits per heavy atom. The molecule has 6 heteroatoms. The summed E-state index contributed by atoms with van der Waals surface area (Å²) in [6.07, 6.45) is -0.992. The predicted octanol–water partition coefficient (Wildman–Crippen LogP) is 3.50. The molecule has 0 aliphatic heterocycles. The van der Waals surface area contributed by atoms with Crippen LogP contribution in [0.2, 0.25) is 0 Å². The summed E-state index contributed by atoms with van der Waals surface area (Å²) in [6.45, 7) is 7.18. The Morgan fingerprint density at radius 2 is 1.46 bits per heavy atom. The van der Waals surface area contributed by atoms with Crippen LogP contribution in [0.25, 0.3) is 0 Å². The van der Waals surface area contributed by atoms with Gasteiger partial charge < -0.3 is 15.4 Å². The minimum absolute atomic E-state index is 0.382. The normalized spacial score (nSPS) is 12.8. The van der Waals surface area contributed by atoms with E-state index in [1.807, 2.05) is 24.3 Å². The number of nitrogens with one attached hydrogen (secondary N) is 2. The molecule has 0 aliphatic rings. The van der Waals surface area contributed by atoms with Crippen LogP contribution >= 0.6 is 0 Å². The van der Waals surface area contributed by atoms with E-state index in [2.05, 4.69) is 24.5 Å². The second-order valence-corrected chi connectivity index (χ2v) is 6.91. The third-order valence-corrected chi connectivity index (χ3v) is 4.24. The van der Waals surface area contributed by atoms with E-state index < -0.39 is 24.0 Å². The van der Waals surface area contributed by atoms with Gasteiger partial charge in [-0.25, -0.2) is 4.79 Å². The molecule has 0 aliphatic carbocycles. The van der Waals surface area contributed by atoms with Gasteiger partial charge in [0, 0.05) is 11.3 Å². The molecule has 0 saturated heterocycles. The molecule has 0 radical (unpaired) electrons. The number of ether oxygens (including phenoxy) is 1. The van der Waals surface area contributed by atoms with Crippen molar-refractivity contribution in [3.63, 3.8) is 0 Å². The number of rotatable bonds is 7. The lowest BCUT2D eigenvalue weighted by Gasteiger charge is -2.18.